The zero-order valence-corrected chi connectivity index (χ0v) is 7.96. The Hall–Kier alpha value is -1.26. The summed E-state index contributed by atoms with van der Waals surface area (Å²) in [5.41, 5.74) is 7.72. The van der Waals surface area contributed by atoms with E-state index in [0.29, 0.717) is 5.92 Å². The molecule has 1 atom stereocenters. The van der Waals surface area contributed by atoms with Crippen LogP contribution in [0.4, 0.5) is 0 Å². The zero-order valence-electron chi connectivity index (χ0n) is 7.96. The van der Waals surface area contributed by atoms with Crippen molar-refractivity contribution < 1.29 is 0 Å². The molecule has 0 spiro atoms. The van der Waals surface area contributed by atoms with Crippen LogP contribution in [0.5, 0.6) is 0 Å². The van der Waals surface area contributed by atoms with Crippen LogP contribution < -0.4 is 5.73 Å². The van der Waals surface area contributed by atoms with Gasteiger partial charge in [0.1, 0.15) is 0 Å². The average molecular weight is 173 g/mol. The third-order valence-corrected chi connectivity index (χ3v) is 2.22. The second-order valence-corrected chi connectivity index (χ2v) is 3.25. The molecule has 0 saturated heterocycles. The van der Waals surface area contributed by atoms with Gasteiger partial charge in [-0.1, -0.05) is 25.0 Å². The molecule has 1 rings (SSSR count). The Bertz CT molecular complexity index is 309. The predicted molar refractivity (Wildman–Crippen MR) is 56.5 cm³/mol. The van der Waals surface area contributed by atoms with Crippen molar-refractivity contribution in [3.05, 3.63) is 35.4 Å². The molecule has 13 heavy (non-hydrogen) atoms. The summed E-state index contributed by atoms with van der Waals surface area (Å²) in [6, 6.07) is 8.09. The Balaban J connectivity index is 2.83. The van der Waals surface area contributed by atoms with Gasteiger partial charge in [-0.05, 0) is 36.6 Å². The standard InChI is InChI=1S/C12H15N/c1-3-11-5-4-6-12(9-11)10(2)7-8-13/h1,4-6,9-10H,7-8,13H2,2H3. The molecule has 0 fully saturated rings. The topological polar surface area (TPSA) is 26.0 Å². The van der Waals surface area contributed by atoms with Crippen LogP contribution in [0.2, 0.25) is 0 Å². The van der Waals surface area contributed by atoms with Gasteiger partial charge < -0.3 is 5.73 Å². The molecule has 1 aromatic carbocycles. The van der Waals surface area contributed by atoms with Gasteiger partial charge >= 0.3 is 0 Å². The smallest absolute Gasteiger partial charge is 0.0245 e. The quantitative estimate of drug-likeness (QED) is 0.696. The number of hydrogen-bond acceptors (Lipinski definition) is 1. The molecule has 0 aliphatic carbocycles. The van der Waals surface area contributed by atoms with Gasteiger partial charge in [0, 0.05) is 5.56 Å². The van der Waals surface area contributed by atoms with Crippen molar-refractivity contribution in [2.24, 2.45) is 5.73 Å². The van der Waals surface area contributed by atoms with Crippen molar-refractivity contribution in [3.8, 4) is 12.3 Å². The first kappa shape index (κ1) is 9.83. The molecule has 0 aliphatic rings. The monoisotopic (exact) mass is 173 g/mol. The highest BCUT2D eigenvalue weighted by atomic mass is 14.5. The predicted octanol–water partition coefficient (Wildman–Crippen LogP) is 2.12. The van der Waals surface area contributed by atoms with Crippen LogP contribution in [0.1, 0.15) is 30.4 Å². The molecule has 1 unspecified atom stereocenters. The minimum atomic E-state index is 0.498. The molecule has 68 valence electrons. The van der Waals surface area contributed by atoms with Crippen molar-refractivity contribution in [2.75, 3.05) is 6.54 Å². The van der Waals surface area contributed by atoms with Crippen LogP contribution in [0.15, 0.2) is 24.3 Å². The second-order valence-electron chi connectivity index (χ2n) is 3.25. The molecule has 0 aromatic heterocycles. The summed E-state index contributed by atoms with van der Waals surface area (Å²) in [5.74, 6) is 3.13. The van der Waals surface area contributed by atoms with Crippen LogP contribution in [-0.2, 0) is 0 Å². The van der Waals surface area contributed by atoms with E-state index in [1.54, 1.807) is 0 Å². The van der Waals surface area contributed by atoms with E-state index in [-0.39, 0.29) is 0 Å². The summed E-state index contributed by atoms with van der Waals surface area (Å²) < 4.78 is 0. The number of hydrogen-bond donors (Lipinski definition) is 1. The van der Waals surface area contributed by atoms with E-state index in [9.17, 15) is 0 Å². The molecular weight excluding hydrogens is 158 g/mol. The molecule has 0 bridgehead atoms. The van der Waals surface area contributed by atoms with Crippen molar-refractivity contribution in [2.45, 2.75) is 19.3 Å². The number of benzene rings is 1. The average Bonchev–Trinajstić information content (AvgIpc) is 2.18. The Morgan fingerprint density at radius 1 is 1.54 bits per heavy atom. The first-order valence-electron chi connectivity index (χ1n) is 4.54. The van der Waals surface area contributed by atoms with E-state index < -0.39 is 0 Å². The van der Waals surface area contributed by atoms with Gasteiger partial charge in [0.2, 0.25) is 0 Å². The fourth-order valence-corrected chi connectivity index (χ4v) is 1.35. The van der Waals surface area contributed by atoms with E-state index in [0.717, 1.165) is 18.5 Å². The lowest BCUT2D eigenvalue weighted by atomic mass is 9.96. The van der Waals surface area contributed by atoms with Crippen molar-refractivity contribution >= 4 is 0 Å². The van der Waals surface area contributed by atoms with Gasteiger partial charge in [0.25, 0.3) is 0 Å². The number of nitrogens with two attached hydrogens (primary N) is 1. The summed E-state index contributed by atoms with van der Waals surface area (Å²) in [6.45, 7) is 2.89. The highest BCUT2D eigenvalue weighted by Gasteiger charge is 2.03. The van der Waals surface area contributed by atoms with E-state index >= 15 is 0 Å². The van der Waals surface area contributed by atoms with E-state index in [1.807, 2.05) is 12.1 Å². The van der Waals surface area contributed by atoms with Crippen LogP contribution in [0.25, 0.3) is 0 Å². The van der Waals surface area contributed by atoms with Gasteiger partial charge in [0.05, 0.1) is 0 Å². The first-order valence-corrected chi connectivity index (χ1v) is 4.54. The van der Waals surface area contributed by atoms with Gasteiger partial charge in [-0.3, -0.25) is 0 Å². The van der Waals surface area contributed by atoms with Crippen LogP contribution in [0.3, 0.4) is 0 Å². The number of rotatable bonds is 3. The maximum Gasteiger partial charge on any atom is 0.0245 e. The molecule has 1 aromatic rings. The molecule has 0 heterocycles. The minimum Gasteiger partial charge on any atom is -0.330 e. The summed E-state index contributed by atoms with van der Waals surface area (Å²) in [7, 11) is 0. The maximum absolute atomic E-state index is 5.50. The van der Waals surface area contributed by atoms with Gasteiger partial charge in [-0.15, -0.1) is 6.42 Å². The molecule has 2 N–H and O–H groups in total. The summed E-state index contributed by atoms with van der Waals surface area (Å²) in [4.78, 5) is 0. The highest BCUT2D eigenvalue weighted by molar-refractivity contribution is 5.36. The first-order chi connectivity index (χ1) is 6.27. The van der Waals surface area contributed by atoms with E-state index in [4.69, 9.17) is 12.2 Å². The van der Waals surface area contributed by atoms with Crippen molar-refractivity contribution in [1.82, 2.24) is 0 Å². The largest absolute Gasteiger partial charge is 0.330 e. The Kier molecular flexibility index (Phi) is 3.54. The Labute approximate surface area is 80.0 Å². The molecule has 0 radical (unpaired) electrons. The normalized spacial score (nSPS) is 12.1. The summed E-state index contributed by atoms with van der Waals surface area (Å²) >= 11 is 0. The second kappa shape index (κ2) is 4.69. The third kappa shape index (κ3) is 2.61. The van der Waals surface area contributed by atoms with Crippen molar-refractivity contribution in [1.29, 1.82) is 0 Å². The Morgan fingerprint density at radius 3 is 2.92 bits per heavy atom. The van der Waals surface area contributed by atoms with Crippen LogP contribution in [-0.4, -0.2) is 6.54 Å². The molecule has 1 heteroatoms. The van der Waals surface area contributed by atoms with Crippen LogP contribution in [0, 0.1) is 12.3 Å². The lowest BCUT2D eigenvalue weighted by Crippen LogP contribution is -2.04. The van der Waals surface area contributed by atoms with Gasteiger partial charge in [0.15, 0.2) is 0 Å². The van der Waals surface area contributed by atoms with E-state index in [1.165, 1.54) is 5.56 Å². The minimum absolute atomic E-state index is 0.498. The fraction of sp³-hybridized carbons (Fsp3) is 0.333. The van der Waals surface area contributed by atoms with Crippen LogP contribution >= 0.6 is 0 Å². The SMILES string of the molecule is C#Cc1cccc(C(C)CCN)c1. The molecule has 0 aliphatic heterocycles. The van der Waals surface area contributed by atoms with E-state index in [2.05, 4.69) is 25.0 Å². The summed E-state index contributed by atoms with van der Waals surface area (Å²) in [6.07, 6.45) is 6.33. The van der Waals surface area contributed by atoms with Gasteiger partial charge in [-0.25, -0.2) is 0 Å². The lowest BCUT2D eigenvalue weighted by Gasteiger charge is -2.10. The van der Waals surface area contributed by atoms with Crippen molar-refractivity contribution in [3.63, 3.8) is 0 Å². The van der Waals surface area contributed by atoms with Gasteiger partial charge in [-0.2, -0.15) is 0 Å². The molecular formula is C12H15N. The Morgan fingerprint density at radius 2 is 2.31 bits per heavy atom. The molecule has 0 saturated carbocycles. The highest BCUT2D eigenvalue weighted by Crippen LogP contribution is 2.18. The third-order valence-electron chi connectivity index (χ3n) is 2.22. The maximum atomic E-state index is 5.50. The fourth-order valence-electron chi connectivity index (χ4n) is 1.35. The lowest BCUT2D eigenvalue weighted by molar-refractivity contribution is 0.690. The molecule has 0 amide bonds. The zero-order chi connectivity index (χ0) is 9.68. The number of terminal acetylenes is 1. The summed E-state index contributed by atoms with van der Waals surface area (Å²) in [5, 5.41) is 0. The molecule has 1 nitrogen and oxygen atoms in total.